The predicted molar refractivity (Wildman–Crippen MR) is 114 cm³/mol. The van der Waals surface area contributed by atoms with Crippen molar-refractivity contribution in [3.63, 3.8) is 0 Å². The standard InChI is InChI=1S/C22H21F2N5O3/c1-12(30)10-25-20-18-19(15-6-4-3-5-13(15)11-31-2)28-29-21(18)27-22(26-20)32-17-8-7-14(23)9-16(17)24/h3-9,12,30H,10-11H2,1-2H3,(H2,25,26,27,28,29)/t12-/m0/s1. The predicted octanol–water partition coefficient (Wildman–Crippen LogP) is 4.03. The van der Waals surface area contributed by atoms with Crippen molar-refractivity contribution >= 4 is 16.9 Å². The molecular formula is C22H21F2N5O3. The van der Waals surface area contributed by atoms with Gasteiger partial charge in [-0.3, -0.25) is 5.10 Å². The molecule has 0 aliphatic carbocycles. The van der Waals surface area contributed by atoms with E-state index in [2.05, 4.69) is 25.5 Å². The van der Waals surface area contributed by atoms with Crippen molar-refractivity contribution in [2.24, 2.45) is 0 Å². The monoisotopic (exact) mass is 441 g/mol. The number of ether oxygens (including phenoxy) is 2. The van der Waals surface area contributed by atoms with Gasteiger partial charge in [0.05, 0.1) is 23.8 Å². The van der Waals surface area contributed by atoms with E-state index in [0.29, 0.717) is 29.6 Å². The molecule has 0 amide bonds. The van der Waals surface area contributed by atoms with Crippen LogP contribution in [-0.4, -0.2) is 45.0 Å². The maximum absolute atomic E-state index is 14.0. The van der Waals surface area contributed by atoms with E-state index in [0.717, 1.165) is 23.3 Å². The molecule has 0 saturated heterocycles. The number of nitrogens with zero attached hydrogens (tertiary/aromatic N) is 3. The summed E-state index contributed by atoms with van der Waals surface area (Å²) in [7, 11) is 1.61. The molecule has 4 rings (SSSR count). The third-order valence-electron chi connectivity index (χ3n) is 4.64. The number of aliphatic hydroxyl groups is 1. The highest BCUT2D eigenvalue weighted by Gasteiger charge is 2.20. The normalized spacial score (nSPS) is 12.2. The minimum Gasteiger partial charge on any atom is -0.421 e. The number of aliphatic hydroxyl groups excluding tert-OH is 1. The number of aromatic amines is 1. The fourth-order valence-electron chi connectivity index (χ4n) is 3.22. The minimum atomic E-state index is -0.886. The second-order valence-electron chi connectivity index (χ2n) is 7.15. The van der Waals surface area contributed by atoms with Crippen LogP contribution in [0, 0.1) is 11.6 Å². The number of fused-ring (bicyclic) bond motifs is 1. The highest BCUT2D eigenvalue weighted by atomic mass is 19.1. The van der Waals surface area contributed by atoms with Gasteiger partial charge in [0.1, 0.15) is 11.6 Å². The van der Waals surface area contributed by atoms with Crippen LogP contribution >= 0.6 is 0 Å². The van der Waals surface area contributed by atoms with Crippen LogP contribution < -0.4 is 10.1 Å². The Hall–Kier alpha value is -3.63. The molecule has 0 saturated carbocycles. The molecule has 32 heavy (non-hydrogen) atoms. The number of rotatable bonds is 8. The summed E-state index contributed by atoms with van der Waals surface area (Å²) in [6, 6.07) is 10.4. The molecule has 2 aromatic carbocycles. The highest BCUT2D eigenvalue weighted by molar-refractivity contribution is 5.99. The summed E-state index contributed by atoms with van der Waals surface area (Å²) >= 11 is 0. The number of hydrogen-bond acceptors (Lipinski definition) is 7. The van der Waals surface area contributed by atoms with Gasteiger partial charge in [-0.05, 0) is 24.6 Å². The van der Waals surface area contributed by atoms with Crippen molar-refractivity contribution in [2.75, 3.05) is 19.0 Å². The molecule has 3 N–H and O–H groups in total. The molecular weight excluding hydrogens is 420 g/mol. The Labute approximate surface area is 182 Å². The number of nitrogens with one attached hydrogen (secondary N) is 2. The average Bonchev–Trinajstić information content (AvgIpc) is 3.18. The van der Waals surface area contributed by atoms with Crippen LogP contribution in [-0.2, 0) is 11.3 Å². The largest absolute Gasteiger partial charge is 0.421 e. The summed E-state index contributed by atoms with van der Waals surface area (Å²) < 4.78 is 38.0. The van der Waals surface area contributed by atoms with Gasteiger partial charge in [0.25, 0.3) is 0 Å². The van der Waals surface area contributed by atoms with Gasteiger partial charge >= 0.3 is 6.01 Å². The third-order valence-corrected chi connectivity index (χ3v) is 4.64. The zero-order chi connectivity index (χ0) is 22.7. The van der Waals surface area contributed by atoms with E-state index in [1.165, 1.54) is 0 Å². The fraction of sp³-hybridized carbons (Fsp3) is 0.227. The second kappa shape index (κ2) is 9.25. The van der Waals surface area contributed by atoms with E-state index >= 15 is 0 Å². The fourth-order valence-corrected chi connectivity index (χ4v) is 3.22. The van der Waals surface area contributed by atoms with Gasteiger partial charge < -0.3 is 19.9 Å². The lowest BCUT2D eigenvalue weighted by Crippen LogP contribution is -2.16. The van der Waals surface area contributed by atoms with Crippen LogP contribution in [0.4, 0.5) is 14.6 Å². The van der Waals surface area contributed by atoms with E-state index in [1.54, 1.807) is 14.0 Å². The zero-order valence-corrected chi connectivity index (χ0v) is 17.4. The lowest BCUT2D eigenvalue weighted by molar-refractivity contribution is 0.185. The molecule has 2 heterocycles. The second-order valence-corrected chi connectivity index (χ2v) is 7.15. The minimum absolute atomic E-state index is 0.181. The average molecular weight is 441 g/mol. The zero-order valence-electron chi connectivity index (χ0n) is 17.4. The Morgan fingerprint density at radius 1 is 1.16 bits per heavy atom. The summed E-state index contributed by atoms with van der Waals surface area (Å²) in [5.74, 6) is -1.50. The maximum Gasteiger partial charge on any atom is 0.326 e. The molecule has 0 aliphatic heterocycles. The number of hydrogen-bond donors (Lipinski definition) is 3. The number of anilines is 1. The van der Waals surface area contributed by atoms with Gasteiger partial charge in [-0.25, -0.2) is 8.78 Å². The van der Waals surface area contributed by atoms with Gasteiger partial charge in [0.2, 0.25) is 0 Å². The molecule has 0 aliphatic rings. The van der Waals surface area contributed by atoms with Crippen LogP contribution in [0.2, 0.25) is 0 Å². The number of methoxy groups -OCH3 is 1. The maximum atomic E-state index is 14.0. The number of H-pyrrole nitrogens is 1. The first kappa shape index (κ1) is 21.6. The Balaban J connectivity index is 1.82. The van der Waals surface area contributed by atoms with Crippen LogP contribution in [0.5, 0.6) is 11.8 Å². The third kappa shape index (κ3) is 4.51. The molecule has 8 nitrogen and oxygen atoms in total. The highest BCUT2D eigenvalue weighted by Crippen LogP contribution is 2.34. The summed E-state index contributed by atoms with van der Waals surface area (Å²) in [6.07, 6.45) is -0.657. The lowest BCUT2D eigenvalue weighted by Gasteiger charge is -2.12. The Morgan fingerprint density at radius 3 is 2.72 bits per heavy atom. The van der Waals surface area contributed by atoms with Gasteiger partial charge in [-0.2, -0.15) is 15.1 Å². The molecule has 0 spiro atoms. The molecule has 0 bridgehead atoms. The molecule has 0 fully saturated rings. The van der Waals surface area contributed by atoms with Crippen LogP contribution in [0.15, 0.2) is 42.5 Å². The molecule has 1 atom stereocenters. The van der Waals surface area contributed by atoms with Crippen molar-refractivity contribution < 1.29 is 23.4 Å². The van der Waals surface area contributed by atoms with E-state index in [-0.39, 0.29) is 24.0 Å². The number of aromatic nitrogens is 4. The van der Waals surface area contributed by atoms with E-state index in [9.17, 15) is 13.9 Å². The van der Waals surface area contributed by atoms with Gasteiger partial charge in [-0.1, -0.05) is 24.3 Å². The Bertz CT molecular complexity index is 1250. The lowest BCUT2D eigenvalue weighted by atomic mass is 10.0. The van der Waals surface area contributed by atoms with Gasteiger partial charge in [0, 0.05) is 25.3 Å². The summed E-state index contributed by atoms with van der Waals surface area (Å²) in [5.41, 5.74) is 2.70. The first-order chi connectivity index (χ1) is 15.5. The Kier molecular flexibility index (Phi) is 6.24. The smallest absolute Gasteiger partial charge is 0.326 e. The van der Waals surface area contributed by atoms with Crippen LogP contribution in [0.1, 0.15) is 12.5 Å². The van der Waals surface area contributed by atoms with Crippen molar-refractivity contribution in [1.29, 1.82) is 0 Å². The molecule has 4 aromatic rings. The van der Waals surface area contributed by atoms with Crippen molar-refractivity contribution in [1.82, 2.24) is 20.2 Å². The SMILES string of the molecule is COCc1ccccc1-c1[nH]nc2nc(Oc3ccc(F)cc3F)nc(NC[C@H](C)O)c12. The summed E-state index contributed by atoms with van der Waals surface area (Å²) in [4.78, 5) is 8.63. The molecule has 166 valence electrons. The number of benzene rings is 2. The topological polar surface area (TPSA) is 105 Å². The van der Waals surface area contributed by atoms with Crippen LogP contribution in [0.3, 0.4) is 0 Å². The Morgan fingerprint density at radius 2 is 1.97 bits per heavy atom. The van der Waals surface area contributed by atoms with E-state index in [4.69, 9.17) is 9.47 Å². The van der Waals surface area contributed by atoms with Crippen LogP contribution in [0.25, 0.3) is 22.3 Å². The van der Waals surface area contributed by atoms with Crippen molar-refractivity contribution in [2.45, 2.75) is 19.6 Å². The van der Waals surface area contributed by atoms with Crippen molar-refractivity contribution in [3.8, 4) is 23.0 Å². The molecule has 0 radical (unpaired) electrons. The molecule has 10 heteroatoms. The van der Waals surface area contributed by atoms with E-state index < -0.39 is 17.7 Å². The molecule has 2 aromatic heterocycles. The number of halogens is 2. The van der Waals surface area contributed by atoms with Crippen molar-refractivity contribution in [3.05, 3.63) is 59.7 Å². The molecule has 0 unspecified atom stereocenters. The van der Waals surface area contributed by atoms with Gasteiger partial charge in [-0.15, -0.1) is 0 Å². The quantitative estimate of drug-likeness (QED) is 0.379. The first-order valence-electron chi connectivity index (χ1n) is 9.84. The summed E-state index contributed by atoms with van der Waals surface area (Å²) in [5, 5.41) is 20.6. The summed E-state index contributed by atoms with van der Waals surface area (Å²) in [6.45, 7) is 2.21. The van der Waals surface area contributed by atoms with Gasteiger partial charge in [0.15, 0.2) is 17.2 Å². The van der Waals surface area contributed by atoms with E-state index in [1.807, 2.05) is 24.3 Å². The first-order valence-corrected chi connectivity index (χ1v) is 9.84.